The van der Waals surface area contributed by atoms with Crippen LogP contribution in [0.1, 0.15) is 6.92 Å². The molecule has 0 aromatic rings. The first-order chi connectivity index (χ1) is 6.19. The van der Waals surface area contributed by atoms with Gasteiger partial charge in [0.2, 0.25) is 0 Å². The fourth-order valence-electron chi connectivity index (χ4n) is 1.62. The Balaban J connectivity index is 2.48. The van der Waals surface area contributed by atoms with Crippen molar-refractivity contribution in [3.8, 4) is 6.07 Å². The van der Waals surface area contributed by atoms with Gasteiger partial charge in [-0.3, -0.25) is 4.90 Å². The number of ether oxygens (including phenoxy) is 1. The Labute approximate surface area is 78.7 Å². The van der Waals surface area contributed by atoms with Gasteiger partial charge in [0.25, 0.3) is 0 Å². The van der Waals surface area contributed by atoms with Crippen LogP contribution >= 0.6 is 0 Å². The molecule has 74 valence electrons. The average molecular weight is 184 g/mol. The van der Waals surface area contributed by atoms with E-state index in [4.69, 9.17) is 10.00 Å². The van der Waals surface area contributed by atoms with Crippen molar-refractivity contribution in [2.45, 2.75) is 19.1 Å². The number of likely N-dealkylation sites (tertiary alicyclic amines) is 1. The summed E-state index contributed by atoms with van der Waals surface area (Å²) in [6, 6.07) is 1.96. The molecule has 0 saturated carbocycles. The molecule has 13 heavy (non-hydrogen) atoms. The Morgan fingerprint density at radius 2 is 2.38 bits per heavy atom. The average Bonchev–Trinajstić information content (AvgIpc) is 2.43. The van der Waals surface area contributed by atoms with Crippen LogP contribution in [-0.2, 0) is 4.74 Å². The largest absolute Gasteiger partial charge is 0.391 e. The molecule has 0 aliphatic carbocycles. The molecule has 0 spiro atoms. The van der Waals surface area contributed by atoms with Crippen molar-refractivity contribution in [1.82, 2.24) is 4.90 Å². The molecular formula is C9H16N2O2. The molecule has 0 radical (unpaired) electrons. The van der Waals surface area contributed by atoms with Crippen molar-refractivity contribution >= 4 is 0 Å². The minimum atomic E-state index is -0.298. The van der Waals surface area contributed by atoms with E-state index in [1.807, 2.05) is 11.8 Å². The summed E-state index contributed by atoms with van der Waals surface area (Å²) in [5.74, 6) is 0.257. The predicted octanol–water partition coefficient (Wildman–Crippen LogP) is -0.162. The molecule has 1 saturated heterocycles. The second-order valence-electron chi connectivity index (χ2n) is 3.60. The zero-order valence-electron chi connectivity index (χ0n) is 8.10. The third kappa shape index (κ3) is 2.41. The lowest BCUT2D eigenvalue weighted by Gasteiger charge is -2.20. The number of hydrogen-bond acceptors (Lipinski definition) is 4. The Bertz CT molecular complexity index is 192. The lowest BCUT2D eigenvalue weighted by Crippen LogP contribution is -2.36. The molecule has 4 heteroatoms. The fraction of sp³-hybridized carbons (Fsp3) is 0.889. The number of rotatable bonds is 3. The van der Waals surface area contributed by atoms with E-state index < -0.39 is 0 Å². The van der Waals surface area contributed by atoms with Crippen LogP contribution in [0.5, 0.6) is 0 Å². The zero-order chi connectivity index (χ0) is 9.84. The molecule has 3 unspecified atom stereocenters. The van der Waals surface area contributed by atoms with Gasteiger partial charge in [-0.15, -0.1) is 0 Å². The minimum Gasteiger partial charge on any atom is -0.391 e. The van der Waals surface area contributed by atoms with Crippen molar-refractivity contribution in [3.63, 3.8) is 0 Å². The summed E-state index contributed by atoms with van der Waals surface area (Å²) in [6.07, 6.45) is -0.298. The number of aliphatic hydroxyl groups is 1. The van der Waals surface area contributed by atoms with E-state index in [-0.39, 0.29) is 18.1 Å². The smallest absolute Gasteiger partial charge is 0.121 e. The van der Waals surface area contributed by atoms with Gasteiger partial charge in [-0.2, -0.15) is 5.26 Å². The molecule has 1 heterocycles. The number of methoxy groups -OCH3 is 1. The minimum absolute atomic E-state index is 0.218. The number of nitriles is 1. The van der Waals surface area contributed by atoms with Crippen LogP contribution in [0.2, 0.25) is 0 Å². The van der Waals surface area contributed by atoms with Crippen molar-refractivity contribution in [2.75, 3.05) is 26.8 Å². The van der Waals surface area contributed by atoms with Gasteiger partial charge in [0.1, 0.15) is 6.04 Å². The van der Waals surface area contributed by atoms with Crippen LogP contribution in [0.15, 0.2) is 0 Å². The molecule has 1 rings (SSSR count). The van der Waals surface area contributed by atoms with E-state index in [9.17, 15) is 5.11 Å². The van der Waals surface area contributed by atoms with Gasteiger partial charge in [0, 0.05) is 20.2 Å². The van der Waals surface area contributed by atoms with Gasteiger partial charge in [0.15, 0.2) is 0 Å². The molecule has 0 aromatic heterocycles. The second-order valence-corrected chi connectivity index (χ2v) is 3.60. The van der Waals surface area contributed by atoms with E-state index in [1.165, 1.54) is 0 Å². The van der Waals surface area contributed by atoms with Crippen molar-refractivity contribution in [2.24, 2.45) is 5.92 Å². The highest BCUT2D eigenvalue weighted by atomic mass is 16.5. The van der Waals surface area contributed by atoms with E-state index in [0.717, 1.165) is 6.54 Å². The fourth-order valence-corrected chi connectivity index (χ4v) is 1.62. The van der Waals surface area contributed by atoms with Gasteiger partial charge < -0.3 is 9.84 Å². The van der Waals surface area contributed by atoms with Gasteiger partial charge in [-0.05, 0) is 5.92 Å². The Morgan fingerprint density at radius 1 is 1.69 bits per heavy atom. The van der Waals surface area contributed by atoms with Gasteiger partial charge in [-0.1, -0.05) is 6.92 Å². The van der Waals surface area contributed by atoms with Crippen molar-refractivity contribution in [1.29, 1.82) is 5.26 Å². The Kier molecular flexibility index (Phi) is 3.67. The quantitative estimate of drug-likeness (QED) is 0.662. The maximum Gasteiger partial charge on any atom is 0.121 e. The summed E-state index contributed by atoms with van der Waals surface area (Å²) in [5, 5.41) is 18.3. The molecule has 1 aliphatic rings. The first-order valence-corrected chi connectivity index (χ1v) is 4.49. The lowest BCUT2D eigenvalue weighted by atomic mass is 10.1. The van der Waals surface area contributed by atoms with Crippen LogP contribution in [0, 0.1) is 17.2 Å². The Morgan fingerprint density at radius 3 is 2.77 bits per heavy atom. The highest BCUT2D eigenvalue weighted by Gasteiger charge is 2.32. The van der Waals surface area contributed by atoms with Crippen molar-refractivity contribution in [3.05, 3.63) is 0 Å². The third-order valence-corrected chi connectivity index (χ3v) is 2.52. The standard InChI is InChI=1S/C9H16N2O2/c1-7-4-11(5-9(7)12)8(3-10)6-13-2/h7-9,12H,4-6H2,1-2H3. The summed E-state index contributed by atoms with van der Waals surface area (Å²) in [7, 11) is 1.58. The van der Waals surface area contributed by atoms with Crippen LogP contribution in [-0.4, -0.2) is 49.0 Å². The molecule has 0 aromatic carbocycles. The number of β-amino-alcohol motifs (C(OH)–C–C–N with tert-alkyl or cyclic N) is 1. The highest BCUT2D eigenvalue weighted by Crippen LogP contribution is 2.18. The van der Waals surface area contributed by atoms with E-state index >= 15 is 0 Å². The first kappa shape index (κ1) is 10.5. The second kappa shape index (κ2) is 4.56. The molecule has 0 amide bonds. The van der Waals surface area contributed by atoms with Crippen LogP contribution < -0.4 is 0 Å². The summed E-state index contributed by atoms with van der Waals surface area (Å²) in [4.78, 5) is 1.97. The normalized spacial score (nSPS) is 31.5. The maximum atomic E-state index is 9.49. The summed E-state index contributed by atoms with van der Waals surface area (Å²) >= 11 is 0. The zero-order valence-corrected chi connectivity index (χ0v) is 8.10. The van der Waals surface area contributed by atoms with Gasteiger partial charge in [-0.25, -0.2) is 0 Å². The monoisotopic (exact) mass is 184 g/mol. The number of aliphatic hydroxyl groups excluding tert-OH is 1. The highest BCUT2D eigenvalue weighted by molar-refractivity contribution is 4.96. The molecule has 3 atom stereocenters. The van der Waals surface area contributed by atoms with Gasteiger partial charge in [0.05, 0.1) is 18.8 Å². The molecular weight excluding hydrogens is 168 g/mol. The number of nitrogens with zero attached hydrogens (tertiary/aromatic N) is 2. The van der Waals surface area contributed by atoms with E-state index in [2.05, 4.69) is 6.07 Å². The molecule has 1 N–H and O–H groups in total. The summed E-state index contributed by atoms with van der Waals surface area (Å²) < 4.78 is 4.93. The van der Waals surface area contributed by atoms with Crippen molar-refractivity contribution < 1.29 is 9.84 Å². The molecule has 1 aliphatic heterocycles. The maximum absolute atomic E-state index is 9.49. The topological polar surface area (TPSA) is 56.5 Å². The SMILES string of the molecule is COCC(C#N)N1CC(C)C(O)C1. The Hall–Kier alpha value is -0.630. The molecule has 4 nitrogen and oxygen atoms in total. The van der Waals surface area contributed by atoms with Crippen LogP contribution in [0.3, 0.4) is 0 Å². The van der Waals surface area contributed by atoms with Crippen LogP contribution in [0.25, 0.3) is 0 Å². The molecule has 1 fully saturated rings. The first-order valence-electron chi connectivity index (χ1n) is 4.49. The molecule has 0 bridgehead atoms. The summed E-state index contributed by atoms with van der Waals surface area (Å²) in [6.45, 7) is 3.77. The third-order valence-electron chi connectivity index (χ3n) is 2.52. The lowest BCUT2D eigenvalue weighted by molar-refractivity contribution is 0.114. The number of hydrogen-bond donors (Lipinski definition) is 1. The van der Waals surface area contributed by atoms with Gasteiger partial charge >= 0.3 is 0 Å². The predicted molar refractivity (Wildman–Crippen MR) is 48.0 cm³/mol. The van der Waals surface area contributed by atoms with E-state index in [1.54, 1.807) is 7.11 Å². The summed E-state index contributed by atoms with van der Waals surface area (Å²) in [5.41, 5.74) is 0. The van der Waals surface area contributed by atoms with E-state index in [0.29, 0.717) is 13.2 Å². The van der Waals surface area contributed by atoms with Crippen LogP contribution in [0.4, 0.5) is 0 Å².